The van der Waals surface area contributed by atoms with Crippen molar-refractivity contribution in [2.45, 2.75) is 24.9 Å². The zero-order chi connectivity index (χ0) is 31.8. The zero-order valence-electron chi connectivity index (χ0n) is 24.1. The Morgan fingerprint density at radius 3 is 2.27 bits per heavy atom. The van der Waals surface area contributed by atoms with E-state index in [0.29, 0.717) is 26.2 Å². The number of anilines is 1. The van der Waals surface area contributed by atoms with Gasteiger partial charge in [-0.2, -0.15) is 0 Å². The summed E-state index contributed by atoms with van der Waals surface area (Å²) < 4.78 is 18.2. The Morgan fingerprint density at radius 1 is 1.00 bits per heavy atom. The third-order valence-corrected chi connectivity index (χ3v) is 7.53. The van der Waals surface area contributed by atoms with Crippen molar-refractivity contribution in [3.05, 3.63) is 60.2 Å². The summed E-state index contributed by atoms with van der Waals surface area (Å²) in [7, 11) is 1.11. The molecule has 4 amide bonds. The number of aliphatic carboxylic acids is 1. The summed E-state index contributed by atoms with van der Waals surface area (Å²) in [5.41, 5.74) is 0.992. The number of piperazine rings is 2. The molecule has 2 atom stereocenters. The van der Waals surface area contributed by atoms with Crippen LogP contribution < -0.4 is 10.2 Å². The van der Waals surface area contributed by atoms with E-state index in [1.165, 1.54) is 12.1 Å². The van der Waals surface area contributed by atoms with Crippen LogP contribution in [-0.4, -0.2) is 125 Å². The maximum absolute atomic E-state index is 14.0. The first-order valence-corrected chi connectivity index (χ1v) is 13.9. The van der Waals surface area contributed by atoms with E-state index in [2.05, 4.69) is 15.2 Å². The monoisotopic (exact) mass is 612 g/mol. The molecule has 44 heavy (non-hydrogen) atoms. The van der Waals surface area contributed by atoms with Gasteiger partial charge in [0.05, 0.1) is 20.0 Å². The number of hydrogen-bond acceptors (Lipinski definition) is 9. The molecule has 2 aliphatic heterocycles. The molecule has 4 rings (SSSR count). The Kier molecular flexibility index (Phi) is 10.4. The van der Waals surface area contributed by atoms with Crippen molar-refractivity contribution >= 4 is 41.3 Å². The quantitative estimate of drug-likeness (QED) is 0.341. The molecular weight excluding hydrogens is 579 g/mol. The first-order chi connectivity index (χ1) is 21.1. The number of methoxy groups -OCH3 is 1. The number of esters is 1. The van der Waals surface area contributed by atoms with Crippen molar-refractivity contribution < 1.29 is 43.0 Å². The molecular formula is C29H33FN6O8. The smallest absolute Gasteiger partial charge is 0.323 e. The van der Waals surface area contributed by atoms with Gasteiger partial charge < -0.3 is 34.8 Å². The molecule has 234 valence electrons. The van der Waals surface area contributed by atoms with Gasteiger partial charge in [-0.25, -0.2) is 4.39 Å². The molecule has 0 bridgehead atoms. The third kappa shape index (κ3) is 7.85. The van der Waals surface area contributed by atoms with Gasteiger partial charge in [0.1, 0.15) is 24.4 Å². The Labute approximate surface area is 252 Å². The van der Waals surface area contributed by atoms with Crippen LogP contribution in [0.5, 0.6) is 0 Å². The molecule has 14 nitrogen and oxygen atoms in total. The van der Waals surface area contributed by atoms with Gasteiger partial charge in [0.15, 0.2) is 0 Å². The summed E-state index contributed by atoms with van der Waals surface area (Å²) in [5, 5.41) is 11.8. The van der Waals surface area contributed by atoms with Crippen molar-refractivity contribution in [3.63, 3.8) is 0 Å². The van der Waals surface area contributed by atoms with Gasteiger partial charge in [0.2, 0.25) is 17.7 Å². The first-order valence-electron chi connectivity index (χ1n) is 13.9. The van der Waals surface area contributed by atoms with Crippen LogP contribution in [0, 0.1) is 5.82 Å². The fourth-order valence-electron chi connectivity index (χ4n) is 5.18. The maximum Gasteiger partial charge on any atom is 0.323 e. The van der Waals surface area contributed by atoms with Crippen LogP contribution >= 0.6 is 0 Å². The van der Waals surface area contributed by atoms with Crippen molar-refractivity contribution in [2.75, 3.05) is 57.8 Å². The van der Waals surface area contributed by atoms with Crippen LogP contribution in [0.15, 0.2) is 48.8 Å². The van der Waals surface area contributed by atoms with Crippen LogP contribution in [0.1, 0.15) is 23.2 Å². The largest absolute Gasteiger partial charge is 0.480 e. The molecule has 1 unspecified atom stereocenters. The van der Waals surface area contributed by atoms with Crippen LogP contribution in [0.25, 0.3) is 0 Å². The molecule has 3 heterocycles. The second-order valence-electron chi connectivity index (χ2n) is 10.3. The fourth-order valence-corrected chi connectivity index (χ4v) is 5.18. The average Bonchev–Trinajstić information content (AvgIpc) is 3.02. The minimum atomic E-state index is -1.45. The van der Waals surface area contributed by atoms with Gasteiger partial charge in [-0.05, 0) is 36.4 Å². The molecule has 1 aromatic heterocycles. The van der Waals surface area contributed by atoms with E-state index in [1.54, 1.807) is 17.3 Å². The zero-order valence-corrected chi connectivity index (χ0v) is 24.1. The van der Waals surface area contributed by atoms with Crippen molar-refractivity contribution in [2.24, 2.45) is 0 Å². The first kappa shape index (κ1) is 31.8. The van der Waals surface area contributed by atoms with E-state index < -0.39 is 72.9 Å². The Morgan fingerprint density at radius 2 is 1.66 bits per heavy atom. The summed E-state index contributed by atoms with van der Waals surface area (Å²) in [5.74, 6) is -5.40. The van der Waals surface area contributed by atoms with Gasteiger partial charge in [0.25, 0.3) is 5.91 Å². The molecule has 0 radical (unpaired) electrons. The average molecular weight is 613 g/mol. The molecule has 2 aromatic rings. The summed E-state index contributed by atoms with van der Waals surface area (Å²) in [6.45, 7) is 0.832. The minimum Gasteiger partial charge on any atom is -0.480 e. The van der Waals surface area contributed by atoms with Gasteiger partial charge in [-0.3, -0.25) is 33.8 Å². The van der Waals surface area contributed by atoms with Gasteiger partial charge in [0, 0.05) is 62.9 Å². The highest BCUT2D eigenvalue weighted by atomic mass is 19.1. The highest BCUT2D eigenvalue weighted by Gasteiger charge is 2.42. The number of halogens is 1. The molecule has 0 saturated carbocycles. The van der Waals surface area contributed by atoms with E-state index in [9.17, 15) is 38.3 Å². The lowest BCUT2D eigenvalue weighted by Gasteiger charge is -2.41. The molecule has 1 aromatic carbocycles. The number of rotatable bonds is 10. The molecule has 15 heteroatoms. The molecule has 0 aliphatic carbocycles. The number of carbonyl (C=O) groups excluding carboxylic acids is 5. The molecule has 2 N–H and O–H groups in total. The highest BCUT2D eigenvalue weighted by molar-refractivity contribution is 6.01. The number of benzene rings is 1. The van der Waals surface area contributed by atoms with Gasteiger partial charge in [-0.15, -0.1) is 0 Å². The summed E-state index contributed by atoms with van der Waals surface area (Å²) in [6, 6.07) is 5.46. The fraction of sp³-hybridized carbons (Fsp3) is 0.414. The lowest BCUT2D eigenvalue weighted by molar-refractivity contribution is -0.159. The summed E-state index contributed by atoms with van der Waals surface area (Å²) >= 11 is 0. The molecule has 2 saturated heterocycles. The molecule has 2 aliphatic rings. The van der Waals surface area contributed by atoms with Crippen molar-refractivity contribution in [1.29, 1.82) is 0 Å². The van der Waals surface area contributed by atoms with Crippen LogP contribution in [0.3, 0.4) is 0 Å². The maximum atomic E-state index is 14.0. The third-order valence-electron chi connectivity index (χ3n) is 7.53. The number of carbonyl (C=O) groups is 6. The number of nitrogens with zero attached hydrogens (tertiary/aromatic N) is 5. The van der Waals surface area contributed by atoms with E-state index in [0.717, 1.165) is 34.7 Å². The minimum absolute atomic E-state index is 0.0380. The SMILES string of the molecule is COC(=O)C[C@H]1C(=O)N(CC(=O)O)CCN1C(=O)C(CC(=O)N1CCN(c2ccncc2)CC1)NC(=O)c1ccc(F)cc1. The normalized spacial score (nSPS) is 17.6. The topological polar surface area (TPSA) is 170 Å². The van der Waals surface area contributed by atoms with Gasteiger partial charge in [-0.1, -0.05) is 0 Å². The number of hydrogen-bond donors (Lipinski definition) is 2. The van der Waals surface area contributed by atoms with Gasteiger partial charge >= 0.3 is 11.9 Å². The highest BCUT2D eigenvalue weighted by Crippen LogP contribution is 2.20. The van der Waals surface area contributed by atoms with Crippen LogP contribution in [0.4, 0.5) is 10.1 Å². The predicted octanol–water partition coefficient (Wildman–Crippen LogP) is -0.255. The standard InChI is InChI=1S/C29H33FN6O8/c1-44-26(40)17-23-29(43)35(18-25(38)39)14-15-36(23)28(42)22(32-27(41)19-2-4-20(30)5-3-19)16-24(37)34-12-10-33(11-13-34)21-6-8-31-9-7-21/h2-9,22-23H,10-18H2,1H3,(H,32,41)(H,38,39)/t22?,23-/m0/s1. The van der Waals surface area contributed by atoms with E-state index in [1.807, 2.05) is 12.1 Å². The van der Waals surface area contributed by atoms with E-state index in [4.69, 9.17) is 4.74 Å². The lowest BCUT2D eigenvalue weighted by atomic mass is 10.0. The summed E-state index contributed by atoms with van der Waals surface area (Å²) in [6.07, 6.45) is 2.34. The number of amides is 4. The molecule has 0 spiro atoms. The number of carboxylic acids is 1. The number of ether oxygens (including phenoxy) is 1. The van der Waals surface area contributed by atoms with E-state index >= 15 is 0 Å². The van der Waals surface area contributed by atoms with Crippen LogP contribution in [0.2, 0.25) is 0 Å². The number of aromatic nitrogens is 1. The van der Waals surface area contributed by atoms with Crippen molar-refractivity contribution in [3.8, 4) is 0 Å². The Bertz CT molecular complexity index is 1380. The number of pyridine rings is 1. The van der Waals surface area contributed by atoms with Crippen molar-refractivity contribution in [1.82, 2.24) is 25.0 Å². The Hall–Kier alpha value is -5.08. The van der Waals surface area contributed by atoms with Crippen LogP contribution in [-0.2, 0) is 28.7 Å². The summed E-state index contributed by atoms with van der Waals surface area (Å²) in [4.78, 5) is 86.9. The number of nitrogens with one attached hydrogen (secondary N) is 1. The predicted molar refractivity (Wildman–Crippen MR) is 152 cm³/mol. The lowest BCUT2D eigenvalue weighted by Crippen LogP contribution is -2.63. The van der Waals surface area contributed by atoms with E-state index in [-0.39, 0.29) is 18.7 Å². The second kappa shape index (κ2) is 14.4. The Balaban J connectivity index is 1.54. The second-order valence-corrected chi connectivity index (χ2v) is 10.3. The molecule has 2 fully saturated rings. The number of carboxylic acid groups (broad SMARTS) is 1.